The van der Waals surface area contributed by atoms with Crippen LogP contribution in [0.3, 0.4) is 0 Å². The molecule has 4 rings (SSSR count). The number of thiophene rings is 1. The van der Waals surface area contributed by atoms with E-state index < -0.39 is 27.6 Å². The number of anilines is 1. The minimum atomic E-state index is -3.84. The lowest BCUT2D eigenvalue weighted by atomic mass is 10.0. The van der Waals surface area contributed by atoms with Crippen LogP contribution in [0, 0.1) is 11.6 Å². The normalized spacial score (nSPS) is 14.9. The van der Waals surface area contributed by atoms with Crippen molar-refractivity contribution >= 4 is 38.2 Å². The van der Waals surface area contributed by atoms with Crippen LogP contribution < -0.4 is 5.32 Å². The fourth-order valence-corrected chi connectivity index (χ4v) is 6.40. The fraction of sp³-hybridized carbons (Fsp3) is 0.280. The molecule has 196 valence electrons. The van der Waals surface area contributed by atoms with Crippen LogP contribution in [0.4, 0.5) is 13.8 Å². The zero-order chi connectivity index (χ0) is 26.6. The van der Waals surface area contributed by atoms with Crippen molar-refractivity contribution in [3.63, 3.8) is 0 Å². The van der Waals surface area contributed by atoms with Crippen LogP contribution in [-0.2, 0) is 19.6 Å². The van der Waals surface area contributed by atoms with E-state index in [4.69, 9.17) is 4.74 Å². The molecule has 1 amide bonds. The highest BCUT2D eigenvalue weighted by atomic mass is 32.2. The van der Waals surface area contributed by atoms with Gasteiger partial charge in [0, 0.05) is 37.1 Å². The minimum absolute atomic E-state index is 0.0140. The molecule has 1 N–H and O–H groups in total. The number of halogens is 2. The van der Waals surface area contributed by atoms with Crippen LogP contribution >= 0.6 is 11.3 Å². The summed E-state index contributed by atoms with van der Waals surface area (Å²) in [7, 11) is -3.84. The lowest BCUT2D eigenvalue weighted by Crippen LogP contribution is -2.50. The van der Waals surface area contributed by atoms with Crippen molar-refractivity contribution in [3.8, 4) is 11.1 Å². The molecule has 0 saturated carbocycles. The highest BCUT2D eigenvalue weighted by molar-refractivity contribution is 7.89. The molecule has 2 aromatic carbocycles. The van der Waals surface area contributed by atoms with E-state index in [9.17, 15) is 26.8 Å². The number of nitrogens with one attached hydrogen (secondary N) is 1. The summed E-state index contributed by atoms with van der Waals surface area (Å²) >= 11 is 1.16. The maximum Gasteiger partial charge on any atom is 0.341 e. The van der Waals surface area contributed by atoms with Gasteiger partial charge < -0.3 is 10.1 Å². The van der Waals surface area contributed by atoms with E-state index >= 15 is 0 Å². The summed E-state index contributed by atoms with van der Waals surface area (Å²) in [5, 5.41) is 4.78. The van der Waals surface area contributed by atoms with Gasteiger partial charge in [0.15, 0.2) is 0 Å². The van der Waals surface area contributed by atoms with E-state index in [1.807, 2.05) is 0 Å². The molecule has 0 atom stereocenters. The SMILES string of the molecule is CCOC(=O)c1c(-c2ccc(F)cc2)csc1NC(=O)CN1CCN(S(=O)(=O)c2cccc(F)c2)CC1. The molecule has 2 heterocycles. The largest absolute Gasteiger partial charge is 0.462 e. The van der Waals surface area contributed by atoms with E-state index in [0.717, 1.165) is 17.4 Å². The molecular formula is C25H25F2N3O5S2. The molecule has 0 radical (unpaired) electrons. The standard InChI is InChI=1S/C25H25F2N3O5S2/c1-2-35-25(32)23-21(17-6-8-18(26)9-7-17)16-36-24(23)28-22(31)15-29-10-12-30(13-11-29)37(33,34)20-5-3-4-19(27)14-20/h3-9,14,16H,2,10-13,15H2,1H3,(H,28,31). The van der Waals surface area contributed by atoms with E-state index in [1.54, 1.807) is 29.3 Å². The van der Waals surface area contributed by atoms with Gasteiger partial charge in [-0.05, 0) is 42.8 Å². The van der Waals surface area contributed by atoms with Crippen LogP contribution in [0.15, 0.2) is 58.8 Å². The summed E-state index contributed by atoms with van der Waals surface area (Å²) in [6.45, 7) is 2.71. The maximum absolute atomic E-state index is 13.5. The smallest absolute Gasteiger partial charge is 0.341 e. The Balaban J connectivity index is 1.41. The maximum atomic E-state index is 13.5. The first kappa shape index (κ1) is 26.9. The molecule has 1 fully saturated rings. The number of hydrogen-bond acceptors (Lipinski definition) is 7. The van der Waals surface area contributed by atoms with Crippen molar-refractivity contribution in [3.05, 3.63) is 71.1 Å². The number of amides is 1. The minimum Gasteiger partial charge on any atom is -0.462 e. The predicted octanol–water partition coefficient (Wildman–Crippen LogP) is 3.82. The van der Waals surface area contributed by atoms with E-state index in [-0.39, 0.29) is 42.6 Å². The third-order valence-electron chi connectivity index (χ3n) is 5.81. The Morgan fingerprint density at radius 3 is 2.38 bits per heavy atom. The van der Waals surface area contributed by atoms with Crippen molar-refractivity contribution in [2.45, 2.75) is 11.8 Å². The Labute approximate surface area is 217 Å². The van der Waals surface area contributed by atoms with Crippen LogP contribution in [-0.4, -0.2) is 68.8 Å². The number of ether oxygens (including phenoxy) is 1. The number of hydrogen-bond donors (Lipinski definition) is 1. The summed E-state index contributed by atoms with van der Waals surface area (Å²) in [6.07, 6.45) is 0. The molecule has 37 heavy (non-hydrogen) atoms. The summed E-state index contributed by atoms with van der Waals surface area (Å²) < 4.78 is 58.9. The average Bonchev–Trinajstić information content (AvgIpc) is 3.28. The number of sulfonamides is 1. The number of carbonyl (C=O) groups excluding carboxylic acids is 2. The van der Waals surface area contributed by atoms with Gasteiger partial charge in [0.25, 0.3) is 0 Å². The first-order chi connectivity index (χ1) is 17.7. The van der Waals surface area contributed by atoms with Gasteiger partial charge in [0.1, 0.15) is 22.2 Å². The van der Waals surface area contributed by atoms with Crippen molar-refractivity contribution < 1.29 is 31.5 Å². The average molecular weight is 550 g/mol. The molecule has 8 nitrogen and oxygen atoms in total. The zero-order valence-corrected chi connectivity index (χ0v) is 21.6. The van der Waals surface area contributed by atoms with Gasteiger partial charge in [0.2, 0.25) is 15.9 Å². The monoisotopic (exact) mass is 549 g/mol. The molecule has 0 unspecified atom stereocenters. The van der Waals surface area contributed by atoms with Crippen molar-refractivity contribution in [1.29, 1.82) is 0 Å². The second-order valence-electron chi connectivity index (χ2n) is 8.27. The second kappa shape index (κ2) is 11.5. The summed E-state index contributed by atoms with van der Waals surface area (Å²) in [4.78, 5) is 27.2. The number of carbonyl (C=O) groups is 2. The number of nitrogens with zero attached hydrogens (tertiary/aromatic N) is 2. The topological polar surface area (TPSA) is 96.0 Å². The predicted molar refractivity (Wildman–Crippen MR) is 136 cm³/mol. The number of rotatable bonds is 8. The molecule has 1 aliphatic rings. The van der Waals surface area contributed by atoms with Crippen LogP contribution in [0.2, 0.25) is 0 Å². The molecule has 12 heteroatoms. The van der Waals surface area contributed by atoms with E-state index in [2.05, 4.69) is 5.32 Å². The van der Waals surface area contributed by atoms with Gasteiger partial charge >= 0.3 is 5.97 Å². The Hall–Kier alpha value is -3.19. The molecule has 0 aliphatic carbocycles. The molecule has 1 saturated heterocycles. The highest BCUT2D eigenvalue weighted by Crippen LogP contribution is 2.36. The zero-order valence-electron chi connectivity index (χ0n) is 19.9. The van der Waals surface area contributed by atoms with Gasteiger partial charge in [-0.2, -0.15) is 4.31 Å². The van der Waals surface area contributed by atoms with E-state index in [1.165, 1.54) is 34.6 Å². The third kappa shape index (κ3) is 6.21. The molecule has 3 aromatic rings. The first-order valence-electron chi connectivity index (χ1n) is 11.5. The van der Waals surface area contributed by atoms with Crippen molar-refractivity contribution in [2.24, 2.45) is 0 Å². The Morgan fingerprint density at radius 2 is 1.73 bits per heavy atom. The first-order valence-corrected chi connectivity index (χ1v) is 13.8. The number of esters is 1. The molecule has 1 aliphatic heterocycles. The Morgan fingerprint density at radius 1 is 1.03 bits per heavy atom. The van der Waals surface area contributed by atoms with Crippen molar-refractivity contribution in [2.75, 3.05) is 44.6 Å². The molecule has 0 bridgehead atoms. The summed E-state index contributed by atoms with van der Waals surface area (Å²) in [5.41, 5.74) is 1.32. The van der Waals surface area contributed by atoms with Crippen LogP contribution in [0.1, 0.15) is 17.3 Å². The van der Waals surface area contributed by atoms with Gasteiger partial charge in [-0.1, -0.05) is 18.2 Å². The molecule has 0 spiro atoms. The second-order valence-corrected chi connectivity index (χ2v) is 11.1. The number of benzene rings is 2. The van der Waals surface area contributed by atoms with Crippen LogP contribution in [0.5, 0.6) is 0 Å². The quantitative estimate of drug-likeness (QED) is 0.430. The Bertz CT molecular complexity index is 1390. The summed E-state index contributed by atoms with van der Waals surface area (Å²) in [5.74, 6) is -2.02. The highest BCUT2D eigenvalue weighted by Gasteiger charge is 2.30. The lowest BCUT2D eigenvalue weighted by Gasteiger charge is -2.33. The van der Waals surface area contributed by atoms with Gasteiger partial charge in [-0.15, -0.1) is 11.3 Å². The van der Waals surface area contributed by atoms with Crippen molar-refractivity contribution in [1.82, 2.24) is 9.21 Å². The third-order valence-corrected chi connectivity index (χ3v) is 8.60. The van der Waals surface area contributed by atoms with Gasteiger partial charge in [0.05, 0.1) is 18.0 Å². The van der Waals surface area contributed by atoms with Gasteiger partial charge in [-0.3, -0.25) is 9.69 Å². The molecular weight excluding hydrogens is 524 g/mol. The Kier molecular flexibility index (Phi) is 8.32. The fourth-order valence-electron chi connectivity index (χ4n) is 3.97. The van der Waals surface area contributed by atoms with Crippen LogP contribution in [0.25, 0.3) is 11.1 Å². The summed E-state index contributed by atoms with van der Waals surface area (Å²) in [6, 6.07) is 10.5. The number of piperazine rings is 1. The molecule has 1 aromatic heterocycles. The lowest BCUT2D eigenvalue weighted by molar-refractivity contribution is -0.117. The van der Waals surface area contributed by atoms with E-state index in [0.29, 0.717) is 29.2 Å². The van der Waals surface area contributed by atoms with Gasteiger partial charge in [-0.25, -0.2) is 22.0 Å².